The lowest BCUT2D eigenvalue weighted by molar-refractivity contribution is -0.384. The number of nitrogens with one attached hydrogen (secondary N) is 1. The minimum atomic E-state index is -0.391. The van der Waals surface area contributed by atoms with Crippen LogP contribution in [0.15, 0.2) is 12.1 Å². The molecule has 1 N–H and O–H groups in total. The Morgan fingerprint density at radius 3 is 2.67 bits per heavy atom. The van der Waals surface area contributed by atoms with E-state index in [1.54, 1.807) is 6.07 Å². The van der Waals surface area contributed by atoms with E-state index in [9.17, 15) is 10.1 Å². The molecule has 1 aromatic heterocycles. The number of nitrogens with zero attached hydrogens (tertiary/aromatic N) is 3. The molecular formula is C12H20N4O2. The van der Waals surface area contributed by atoms with Gasteiger partial charge in [-0.25, -0.2) is 4.98 Å². The van der Waals surface area contributed by atoms with E-state index in [-0.39, 0.29) is 5.69 Å². The topological polar surface area (TPSA) is 71.3 Å². The molecule has 6 heteroatoms. The summed E-state index contributed by atoms with van der Waals surface area (Å²) < 4.78 is 0. The first-order chi connectivity index (χ1) is 8.60. The van der Waals surface area contributed by atoms with E-state index in [0.29, 0.717) is 11.6 Å². The van der Waals surface area contributed by atoms with Gasteiger partial charge >= 0.3 is 5.69 Å². The van der Waals surface area contributed by atoms with Crippen LogP contribution in [0.5, 0.6) is 0 Å². The van der Waals surface area contributed by atoms with Gasteiger partial charge in [0, 0.05) is 26.2 Å². The third-order valence-electron chi connectivity index (χ3n) is 2.53. The largest absolute Gasteiger partial charge is 0.370 e. The van der Waals surface area contributed by atoms with E-state index >= 15 is 0 Å². The van der Waals surface area contributed by atoms with Gasteiger partial charge in [0.15, 0.2) is 0 Å². The normalized spacial score (nSPS) is 10.2. The van der Waals surface area contributed by atoms with Crippen molar-refractivity contribution in [1.82, 2.24) is 4.98 Å². The van der Waals surface area contributed by atoms with Crippen molar-refractivity contribution in [3.05, 3.63) is 22.2 Å². The van der Waals surface area contributed by atoms with Gasteiger partial charge in [-0.1, -0.05) is 13.8 Å². The van der Waals surface area contributed by atoms with Gasteiger partial charge < -0.3 is 10.2 Å². The number of aromatic nitrogens is 1. The summed E-state index contributed by atoms with van der Waals surface area (Å²) in [6.45, 7) is 5.64. The zero-order chi connectivity index (χ0) is 13.5. The molecule has 1 rings (SSSR count). The van der Waals surface area contributed by atoms with Crippen LogP contribution in [0, 0.1) is 10.1 Å². The zero-order valence-corrected chi connectivity index (χ0v) is 11.1. The number of rotatable bonds is 7. The maximum Gasteiger partial charge on any atom is 0.311 e. The molecular weight excluding hydrogens is 232 g/mol. The van der Waals surface area contributed by atoms with Crippen LogP contribution < -0.4 is 10.2 Å². The molecule has 0 fully saturated rings. The summed E-state index contributed by atoms with van der Waals surface area (Å²) >= 11 is 0. The summed E-state index contributed by atoms with van der Waals surface area (Å²) in [5.74, 6) is 1.10. The van der Waals surface area contributed by atoms with Gasteiger partial charge in [-0.3, -0.25) is 10.1 Å². The van der Waals surface area contributed by atoms with Crippen molar-refractivity contribution in [1.29, 1.82) is 0 Å². The van der Waals surface area contributed by atoms with E-state index in [1.165, 1.54) is 6.07 Å². The smallest absolute Gasteiger partial charge is 0.311 e. The van der Waals surface area contributed by atoms with E-state index in [4.69, 9.17) is 0 Å². The van der Waals surface area contributed by atoms with Crippen LogP contribution in [-0.2, 0) is 0 Å². The first kappa shape index (κ1) is 14.2. The Kier molecular flexibility index (Phi) is 5.35. The predicted molar refractivity (Wildman–Crippen MR) is 73.2 cm³/mol. The lowest BCUT2D eigenvalue weighted by Gasteiger charge is -2.17. The highest BCUT2D eigenvalue weighted by atomic mass is 16.6. The third-order valence-corrected chi connectivity index (χ3v) is 2.53. The first-order valence-electron chi connectivity index (χ1n) is 6.20. The van der Waals surface area contributed by atoms with Gasteiger partial charge in [-0.05, 0) is 18.9 Å². The highest BCUT2D eigenvalue weighted by Gasteiger charge is 2.19. The Morgan fingerprint density at radius 2 is 2.11 bits per heavy atom. The summed E-state index contributed by atoms with van der Waals surface area (Å²) in [5, 5.41) is 14.1. The second-order valence-corrected chi connectivity index (χ2v) is 4.14. The number of hydrogen-bond donors (Lipinski definition) is 1. The highest BCUT2D eigenvalue weighted by molar-refractivity contribution is 5.61. The van der Waals surface area contributed by atoms with Gasteiger partial charge in [-0.2, -0.15) is 0 Å². The fourth-order valence-electron chi connectivity index (χ4n) is 1.66. The summed E-state index contributed by atoms with van der Waals surface area (Å²) in [6, 6.07) is 3.16. The molecule has 6 nitrogen and oxygen atoms in total. The summed E-state index contributed by atoms with van der Waals surface area (Å²) in [4.78, 5) is 16.7. The van der Waals surface area contributed by atoms with Gasteiger partial charge in [0.2, 0.25) is 5.82 Å². The molecule has 0 atom stereocenters. The molecule has 0 aromatic carbocycles. The molecule has 100 valence electrons. The van der Waals surface area contributed by atoms with Crippen molar-refractivity contribution in [3.8, 4) is 0 Å². The van der Waals surface area contributed by atoms with Gasteiger partial charge in [0.25, 0.3) is 0 Å². The number of hydrogen-bond acceptors (Lipinski definition) is 5. The second-order valence-electron chi connectivity index (χ2n) is 4.14. The third kappa shape index (κ3) is 3.58. The summed E-state index contributed by atoms with van der Waals surface area (Å²) in [5.41, 5.74) is 0.0491. The molecule has 0 aliphatic rings. The van der Waals surface area contributed by atoms with Crippen molar-refractivity contribution in [2.45, 2.75) is 26.7 Å². The Balaban J connectivity index is 3.03. The van der Waals surface area contributed by atoms with Crippen molar-refractivity contribution < 1.29 is 4.92 Å². The fourth-order valence-corrected chi connectivity index (χ4v) is 1.66. The monoisotopic (exact) mass is 252 g/mol. The maximum absolute atomic E-state index is 11.0. The molecule has 0 aliphatic carbocycles. The Morgan fingerprint density at radius 1 is 1.39 bits per heavy atom. The average Bonchev–Trinajstić information content (AvgIpc) is 2.36. The second kappa shape index (κ2) is 6.78. The van der Waals surface area contributed by atoms with E-state index in [2.05, 4.69) is 17.2 Å². The minimum Gasteiger partial charge on any atom is -0.370 e. The minimum absolute atomic E-state index is 0.0491. The quantitative estimate of drug-likeness (QED) is 0.596. The van der Waals surface area contributed by atoms with E-state index in [1.807, 2.05) is 18.9 Å². The average molecular weight is 252 g/mol. The van der Waals surface area contributed by atoms with Crippen molar-refractivity contribution >= 4 is 17.3 Å². The molecule has 1 aromatic rings. The van der Waals surface area contributed by atoms with Crippen molar-refractivity contribution in [2.24, 2.45) is 0 Å². The number of nitro groups is 1. The first-order valence-corrected chi connectivity index (χ1v) is 6.20. The fraction of sp³-hybridized carbons (Fsp3) is 0.583. The molecule has 0 radical (unpaired) electrons. The number of pyridine rings is 1. The molecule has 0 saturated heterocycles. The molecule has 0 amide bonds. The highest BCUT2D eigenvalue weighted by Crippen LogP contribution is 2.26. The van der Waals surface area contributed by atoms with Crippen molar-refractivity contribution in [3.63, 3.8) is 0 Å². The lowest BCUT2D eigenvalue weighted by atomic mass is 10.3. The molecule has 1 heterocycles. The van der Waals surface area contributed by atoms with Crippen LogP contribution in [-0.4, -0.2) is 30.0 Å². The van der Waals surface area contributed by atoms with Crippen molar-refractivity contribution in [2.75, 3.05) is 30.4 Å². The number of anilines is 2. The van der Waals surface area contributed by atoms with Gasteiger partial charge in [0.1, 0.15) is 5.82 Å². The van der Waals surface area contributed by atoms with Crippen LogP contribution in [0.3, 0.4) is 0 Å². The SMILES string of the molecule is CCCNc1ccc([N+](=O)[O-])c(N(C)CCC)n1. The standard InChI is InChI=1S/C12H20N4O2/c1-4-8-13-11-7-6-10(16(17)18)12(14-11)15(3)9-5-2/h6-7H,4-5,8-9H2,1-3H3,(H,13,14). The predicted octanol–water partition coefficient (Wildman–Crippen LogP) is 2.66. The van der Waals surface area contributed by atoms with E-state index in [0.717, 1.165) is 25.9 Å². The van der Waals surface area contributed by atoms with E-state index < -0.39 is 4.92 Å². The molecule has 0 spiro atoms. The zero-order valence-electron chi connectivity index (χ0n) is 11.1. The van der Waals surface area contributed by atoms with Crippen LogP contribution >= 0.6 is 0 Å². The van der Waals surface area contributed by atoms with Crippen LogP contribution in [0.4, 0.5) is 17.3 Å². The molecule has 0 saturated carbocycles. The van der Waals surface area contributed by atoms with Gasteiger partial charge in [0.05, 0.1) is 4.92 Å². The van der Waals surface area contributed by atoms with Crippen LogP contribution in [0.2, 0.25) is 0 Å². The molecule has 18 heavy (non-hydrogen) atoms. The van der Waals surface area contributed by atoms with Gasteiger partial charge in [-0.15, -0.1) is 0 Å². The molecule has 0 aliphatic heterocycles. The Labute approximate surface area is 107 Å². The molecule has 0 unspecified atom stereocenters. The van der Waals surface area contributed by atoms with Crippen LogP contribution in [0.1, 0.15) is 26.7 Å². The maximum atomic E-state index is 11.0. The van der Waals surface area contributed by atoms with Crippen LogP contribution in [0.25, 0.3) is 0 Å². The Hall–Kier alpha value is -1.85. The molecule has 0 bridgehead atoms. The summed E-state index contributed by atoms with van der Waals surface area (Å²) in [7, 11) is 1.82. The summed E-state index contributed by atoms with van der Waals surface area (Å²) in [6.07, 6.45) is 1.90. The Bertz CT molecular complexity index is 409. The lowest BCUT2D eigenvalue weighted by Crippen LogP contribution is -2.21.